The molecule has 5 rings (SSSR count). The van der Waals surface area contributed by atoms with Crippen LogP contribution in [-0.4, -0.2) is 36.7 Å². The maximum absolute atomic E-state index is 13.7. The van der Waals surface area contributed by atoms with E-state index in [9.17, 15) is 9.18 Å². The minimum Gasteiger partial charge on any atom is -0.463 e. The number of fused-ring (bicyclic) bond motifs is 3. The Labute approximate surface area is 153 Å². The van der Waals surface area contributed by atoms with E-state index in [4.69, 9.17) is 9.15 Å². The lowest BCUT2D eigenvalue weighted by Gasteiger charge is -2.43. The van der Waals surface area contributed by atoms with E-state index in [1.165, 1.54) is 24.5 Å². The molecule has 2 bridgehead atoms. The third-order valence-corrected chi connectivity index (χ3v) is 5.56. The van der Waals surface area contributed by atoms with Crippen molar-refractivity contribution in [3.63, 3.8) is 0 Å². The fourth-order valence-corrected chi connectivity index (χ4v) is 4.04. The van der Waals surface area contributed by atoms with Crippen LogP contribution in [-0.2, 0) is 4.74 Å². The highest BCUT2D eigenvalue weighted by atomic mass is 79.9. The highest BCUT2D eigenvalue weighted by molar-refractivity contribution is 9.10. The molecule has 1 atom stereocenters. The van der Waals surface area contributed by atoms with E-state index in [0.29, 0.717) is 27.4 Å². The number of piperidine rings is 3. The van der Waals surface area contributed by atoms with Crippen LogP contribution in [0.4, 0.5) is 14.9 Å². The second kappa shape index (κ2) is 6.80. The molecular weight excluding hydrogens is 391 g/mol. The molecule has 3 fully saturated rings. The molecule has 0 radical (unpaired) electrons. The molecule has 1 N–H and O–H groups in total. The van der Waals surface area contributed by atoms with Crippen molar-refractivity contribution >= 4 is 27.7 Å². The summed E-state index contributed by atoms with van der Waals surface area (Å²) in [5.74, 6) is 0.481. The summed E-state index contributed by atoms with van der Waals surface area (Å²) >= 11 is 3.36. The first-order valence-corrected chi connectivity index (χ1v) is 9.12. The molecule has 132 valence electrons. The van der Waals surface area contributed by atoms with Gasteiger partial charge in [0.2, 0.25) is 0 Å². The lowest BCUT2D eigenvalue weighted by atomic mass is 9.86. The second-order valence-electron chi connectivity index (χ2n) is 6.49. The van der Waals surface area contributed by atoms with Crippen LogP contribution in [0.5, 0.6) is 0 Å². The summed E-state index contributed by atoms with van der Waals surface area (Å²) in [4.78, 5) is 14.7. The van der Waals surface area contributed by atoms with E-state index in [1.807, 2.05) is 0 Å². The average Bonchev–Trinajstić information content (AvgIpc) is 3.03. The SMILES string of the molecule is O=C(Nc1ccc(F)cc1-c1occc1Br)OC1CN2CCC1CC2. The van der Waals surface area contributed by atoms with Gasteiger partial charge in [-0.3, -0.25) is 10.2 Å². The van der Waals surface area contributed by atoms with E-state index in [1.54, 1.807) is 6.07 Å². The van der Waals surface area contributed by atoms with Crippen LogP contribution in [0.3, 0.4) is 0 Å². The number of hydrogen-bond acceptors (Lipinski definition) is 4. The lowest BCUT2D eigenvalue weighted by Crippen LogP contribution is -2.52. The van der Waals surface area contributed by atoms with Gasteiger partial charge in [0.25, 0.3) is 0 Å². The number of furan rings is 1. The fourth-order valence-electron chi connectivity index (χ4n) is 3.62. The third kappa shape index (κ3) is 3.43. The van der Waals surface area contributed by atoms with Gasteiger partial charge in [-0.1, -0.05) is 0 Å². The molecule has 4 heterocycles. The Morgan fingerprint density at radius 1 is 1.32 bits per heavy atom. The Hall–Kier alpha value is -1.86. The highest BCUT2D eigenvalue weighted by Crippen LogP contribution is 2.35. The van der Waals surface area contributed by atoms with Crippen molar-refractivity contribution in [1.82, 2.24) is 4.90 Å². The van der Waals surface area contributed by atoms with E-state index < -0.39 is 11.9 Å². The van der Waals surface area contributed by atoms with E-state index in [-0.39, 0.29) is 6.10 Å². The summed E-state index contributed by atoms with van der Waals surface area (Å²) in [6.07, 6.45) is 3.04. The number of ether oxygens (including phenoxy) is 1. The minimum atomic E-state index is -0.519. The maximum Gasteiger partial charge on any atom is 0.411 e. The molecule has 1 aromatic heterocycles. The molecule has 2 aromatic rings. The molecule has 0 saturated carbocycles. The summed E-state index contributed by atoms with van der Waals surface area (Å²) in [6.45, 7) is 2.96. The Morgan fingerprint density at radius 3 is 2.76 bits per heavy atom. The first kappa shape index (κ1) is 16.6. The molecule has 7 heteroatoms. The van der Waals surface area contributed by atoms with Gasteiger partial charge in [-0.05, 0) is 72.0 Å². The molecule has 1 amide bonds. The zero-order valence-electron chi connectivity index (χ0n) is 13.5. The van der Waals surface area contributed by atoms with Crippen LogP contribution in [0.2, 0.25) is 0 Å². The molecule has 0 spiro atoms. The van der Waals surface area contributed by atoms with Crippen LogP contribution in [0.25, 0.3) is 11.3 Å². The van der Waals surface area contributed by atoms with Crippen LogP contribution in [0.15, 0.2) is 39.4 Å². The smallest absolute Gasteiger partial charge is 0.411 e. The van der Waals surface area contributed by atoms with Gasteiger partial charge in [0.05, 0.1) is 16.4 Å². The maximum atomic E-state index is 13.7. The topological polar surface area (TPSA) is 54.7 Å². The number of carbonyl (C=O) groups excluding carboxylic acids is 1. The Bertz CT molecular complexity index is 786. The van der Waals surface area contributed by atoms with E-state index >= 15 is 0 Å². The molecule has 5 nitrogen and oxygen atoms in total. The summed E-state index contributed by atoms with van der Waals surface area (Å²) in [5, 5.41) is 2.73. The number of carbonyl (C=O) groups is 1. The number of benzene rings is 1. The fraction of sp³-hybridized carbons (Fsp3) is 0.389. The van der Waals surface area contributed by atoms with Gasteiger partial charge in [-0.15, -0.1) is 0 Å². The van der Waals surface area contributed by atoms with Gasteiger partial charge in [0.1, 0.15) is 17.7 Å². The predicted octanol–water partition coefficient (Wildman–Crippen LogP) is 4.49. The summed E-state index contributed by atoms with van der Waals surface area (Å²) in [6, 6.07) is 5.85. The summed E-state index contributed by atoms with van der Waals surface area (Å²) in [5.41, 5.74) is 0.908. The first-order chi connectivity index (χ1) is 12.1. The normalized spacial score (nSPS) is 25.0. The summed E-state index contributed by atoms with van der Waals surface area (Å²) in [7, 11) is 0. The van der Waals surface area contributed by atoms with Crippen LogP contribution < -0.4 is 5.32 Å². The van der Waals surface area contributed by atoms with Gasteiger partial charge in [-0.25, -0.2) is 9.18 Å². The molecule has 1 unspecified atom stereocenters. The predicted molar refractivity (Wildman–Crippen MR) is 94.9 cm³/mol. The zero-order valence-corrected chi connectivity index (χ0v) is 15.1. The number of nitrogens with one attached hydrogen (secondary N) is 1. The molecule has 0 aliphatic carbocycles. The highest BCUT2D eigenvalue weighted by Gasteiger charge is 2.36. The number of rotatable bonds is 3. The number of amides is 1. The van der Waals surface area contributed by atoms with Crippen molar-refractivity contribution in [3.05, 3.63) is 40.8 Å². The summed E-state index contributed by atoms with van der Waals surface area (Å²) < 4.78 is 25.4. The molecule has 3 aliphatic heterocycles. The number of halogens is 2. The first-order valence-electron chi connectivity index (χ1n) is 8.33. The number of nitrogens with zero attached hydrogens (tertiary/aromatic N) is 1. The van der Waals surface area contributed by atoms with Gasteiger partial charge in [0.15, 0.2) is 0 Å². The monoisotopic (exact) mass is 408 g/mol. The largest absolute Gasteiger partial charge is 0.463 e. The zero-order chi connectivity index (χ0) is 17.4. The van der Waals surface area contributed by atoms with Gasteiger partial charge >= 0.3 is 6.09 Å². The van der Waals surface area contributed by atoms with Gasteiger partial charge in [0, 0.05) is 12.1 Å². The quantitative estimate of drug-likeness (QED) is 0.812. The van der Waals surface area contributed by atoms with Crippen molar-refractivity contribution in [2.24, 2.45) is 5.92 Å². The van der Waals surface area contributed by atoms with E-state index in [0.717, 1.165) is 32.5 Å². The lowest BCUT2D eigenvalue weighted by molar-refractivity contribution is -0.0289. The Balaban J connectivity index is 1.51. The minimum absolute atomic E-state index is 0.0817. The molecule has 3 aliphatic rings. The van der Waals surface area contributed by atoms with Crippen molar-refractivity contribution in [2.45, 2.75) is 18.9 Å². The van der Waals surface area contributed by atoms with Crippen LogP contribution >= 0.6 is 15.9 Å². The third-order valence-electron chi connectivity index (χ3n) is 4.93. The Kier molecular flexibility index (Phi) is 4.52. The average molecular weight is 409 g/mol. The Morgan fingerprint density at radius 2 is 2.12 bits per heavy atom. The van der Waals surface area contributed by atoms with Crippen LogP contribution in [0.1, 0.15) is 12.8 Å². The van der Waals surface area contributed by atoms with E-state index in [2.05, 4.69) is 26.1 Å². The van der Waals surface area contributed by atoms with Crippen molar-refractivity contribution in [1.29, 1.82) is 0 Å². The second-order valence-corrected chi connectivity index (χ2v) is 7.35. The van der Waals surface area contributed by atoms with Gasteiger partial charge < -0.3 is 9.15 Å². The van der Waals surface area contributed by atoms with Crippen LogP contribution in [0, 0.1) is 11.7 Å². The molecule has 25 heavy (non-hydrogen) atoms. The molecule has 3 saturated heterocycles. The number of hydrogen-bond donors (Lipinski definition) is 1. The van der Waals surface area contributed by atoms with Crippen molar-refractivity contribution in [2.75, 3.05) is 25.0 Å². The standard InChI is InChI=1S/C18H18BrFN2O3/c19-14-5-8-24-17(14)13-9-12(20)1-2-15(13)21-18(23)25-16-10-22-6-3-11(16)4-7-22/h1-2,5,8-9,11,16H,3-4,6-7,10H2,(H,21,23). The number of anilines is 1. The van der Waals surface area contributed by atoms with Crippen molar-refractivity contribution in [3.8, 4) is 11.3 Å². The van der Waals surface area contributed by atoms with Gasteiger partial charge in [-0.2, -0.15) is 0 Å². The van der Waals surface area contributed by atoms with Crippen molar-refractivity contribution < 1.29 is 18.3 Å². The molecule has 1 aromatic carbocycles. The molecular formula is C18H18BrFN2O3.